The summed E-state index contributed by atoms with van der Waals surface area (Å²) >= 11 is 0. The van der Waals surface area contributed by atoms with Crippen LogP contribution in [0.4, 0.5) is 0 Å². The van der Waals surface area contributed by atoms with Gasteiger partial charge in [-0.1, -0.05) is 36.4 Å². The molecule has 19 heavy (non-hydrogen) atoms. The third-order valence-corrected chi connectivity index (χ3v) is 3.16. The lowest BCUT2D eigenvalue weighted by molar-refractivity contribution is 0.0698. The maximum Gasteiger partial charge on any atom is 0.336 e. The molecule has 0 bridgehead atoms. The number of benzene rings is 2. The molecule has 94 valence electrons. The van der Waals surface area contributed by atoms with Gasteiger partial charge in [-0.15, -0.1) is 0 Å². The van der Waals surface area contributed by atoms with E-state index < -0.39 is 5.97 Å². The van der Waals surface area contributed by atoms with E-state index in [2.05, 4.69) is 0 Å². The molecule has 0 aliphatic rings. The first kappa shape index (κ1) is 12.8. The number of hydrogen-bond acceptors (Lipinski definition) is 2. The highest BCUT2D eigenvalue weighted by Gasteiger charge is 2.14. The van der Waals surface area contributed by atoms with Crippen LogP contribution in [0.3, 0.4) is 0 Å². The van der Waals surface area contributed by atoms with Crippen LogP contribution in [0.15, 0.2) is 42.5 Å². The van der Waals surface area contributed by atoms with E-state index in [9.17, 15) is 9.90 Å². The lowest BCUT2D eigenvalue weighted by atomic mass is 9.93. The number of aromatic carboxylic acids is 1. The van der Waals surface area contributed by atoms with Gasteiger partial charge in [0, 0.05) is 6.08 Å². The van der Waals surface area contributed by atoms with Gasteiger partial charge in [0.1, 0.15) is 0 Å². The summed E-state index contributed by atoms with van der Waals surface area (Å²) in [7, 11) is 0. The van der Waals surface area contributed by atoms with Gasteiger partial charge in [0.15, 0.2) is 0 Å². The Morgan fingerprint density at radius 2 is 2.16 bits per heavy atom. The highest BCUT2D eigenvalue weighted by atomic mass is 16.4. The van der Waals surface area contributed by atoms with Gasteiger partial charge in [0.05, 0.1) is 11.6 Å². The molecule has 2 rings (SSSR count). The number of carbonyl (C=O) groups is 1. The molecule has 0 fully saturated rings. The summed E-state index contributed by atoms with van der Waals surface area (Å²) in [5.74, 6) is -0.917. The highest BCUT2D eigenvalue weighted by molar-refractivity contribution is 6.05. The first-order valence-electron chi connectivity index (χ1n) is 5.94. The normalized spacial score (nSPS) is 10.7. The average molecular weight is 251 g/mol. The fourth-order valence-corrected chi connectivity index (χ4v) is 2.24. The molecule has 3 nitrogen and oxygen atoms in total. The van der Waals surface area contributed by atoms with E-state index in [-0.39, 0.29) is 0 Å². The van der Waals surface area contributed by atoms with E-state index in [0.717, 1.165) is 21.9 Å². The Bertz CT molecular complexity index is 708. The molecule has 0 atom stereocenters. The lowest BCUT2D eigenvalue weighted by Gasteiger charge is -2.11. The van der Waals surface area contributed by atoms with Crippen LogP contribution in [-0.2, 0) is 6.42 Å². The number of nitrogens with zero attached hydrogens (tertiary/aromatic N) is 1. The standard InChI is InChI=1S/C16H13NO2/c1-11-12(6-4-5-9-17)10-13-7-2-3-8-14(13)15(11)16(18)19/h2-5,7-8,10H,6H2,1H3,(H,18,19). The van der Waals surface area contributed by atoms with Gasteiger partial charge in [0.2, 0.25) is 0 Å². The average Bonchev–Trinajstić information content (AvgIpc) is 2.39. The summed E-state index contributed by atoms with van der Waals surface area (Å²) in [6.07, 6.45) is 3.71. The molecule has 0 aliphatic carbocycles. The van der Waals surface area contributed by atoms with Crippen molar-refractivity contribution in [3.8, 4) is 6.07 Å². The number of allylic oxidation sites excluding steroid dienone is 2. The first-order chi connectivity index (χ1) is 9.15. The molecule has 0 unspecified atom stereocenters. The molecule has 0 aliphatic heterocycles. The summed E-state index contributed by atoms with van der Waals surface area (Å²) in [4.78, 5) is 11.4. The maximum atomic E-state index is 11.4. The van der Waals surface area contributed by atoms with Gasteiger partial charge in [-0.25, -0.2) is 4.79 Å². The zero-order chi connectivity index (χ0) is 13.8. The van der Waals surface area contributed by atoms with Crippen molar-refractivity contribution in [2.24, 2.45) is 0 Å². The van der Waals surface area contributed by atoms with E-state index in [1.54, 1.807) is 6.08 Å². The second-order valence-corrected chi connectivity index (χ2v) is 4.30. The van der Waals surface area contributed by atoms with E-state index in [1.807, 2.05) is 43.3 Å². The van der Waals surface area contributed by atoms with Crippen LogP contribution < -0.4 is 0 Å². The van der Waals surface area contributed by atoms with Gasteiger partial charge < -0.3 is 5.11 Å². The van der Waals surface area contributed by atoms with E-state index in [0.29, 0.717) is 12.0 Å². The molecule has 2 aromatic rings. The number of fused-ring (bicyclic) bond motifs is 1. The molecule has 0 spiro atoms. The topological polar surface area (TPSA) is 61.1 Å². The van der Waals surface area contributed by atoms with Crippen LogP contribution in [0.5, 0.6) is 0 Å². The largest absolute Gasteiger partial charge is 0.478 e. The van der Waals surface area contributed by atoms with Gasteiger partial charge in [-0.3, -0.25) is 0 Å². The van der Waals surface area contributed by atoms with Crippen molar-refractivity contribution in [1.29, 1.82) is 5.26 Å². The van der Waals surface area contributed by atoms with Crippen LogP contribution in [0.1, 0.15) is 21.5 Å². The van der Waals surface area contributed by atoms with Crippen LogP contribution >= 0.6 is 0 Å². The summed E-state index contributed by atoms with van der Waals surface area (Å²) in [5.41, 5.74) is 2.04. The number of carboxylic acid groups (broad SMARTS) is 1. The maximum absolute atomic E-state index is 11.4. The Labute approximate surface area is 111 Å². The van der Waals surface area contributed by atoms with E-state index in [4.69, 9.17) is 5.26 Å². The minimum atomic E-state index is -0.917. The molecular weight excluding hydrogens is 238 g/mol. The molecule has 0 aromatic heterocycles. The predicted octanol–water partition coefficient (Wildman–Crippen LogP) is 3.47. The first-order valence-corrected chi connectivity index (χ1v) is 5.94. The zero-order valence-corrected chi connectivity index (χ0v) is 10.6. The summed E-state index contributed by atoms with van der Waals surface area (Å²) in [6.45, 7) is 1.81. The lowest BCUT2D eigenvalue weighted by Crippen LogP contribution is -2.04. The second-order valence-electron chi connectivity index (χ2n) is 4.30. The van der Waals surface area contributed by atoms with Crippen molar-refractivity contribution in [2.45, 2.75) is 13.3 Å². The Balaban J connectivity index is 2.67. The fourth-order valence-electron chi connectivity index (χ4n) is 2.24. The fraction of sp³-hybridized carbons (Fsp3) is 0.125. The Morgan fingerprint density at radius 3 is 2.84 bits per heavy atom. The Morgan fingerprint density at radius 1 is 1.42 bits per heavy atom. The van der Waals surface area contributed by atoms with Crippen molar-refractivity contribution in [2.75, 3.05) is 0 Å². The van der Waals surface area contributed by atoms with Crippen molar-refractivity contribution in [3.05, 3.63) is 59.2 Å². The molecule has 0 radical (unpaired) electrons. The van der Waals surface area contributed by atoms with Crippen LogP contribution in [0.2, 0.25) is 0 Å². The number of nitriles is 1. The van der Waals surface area contributed by atoms with Crippen LogP contribution in [0, 0.1) is 18.3 Å². The minimum absolute atomic E-state index is 0.346. The SMILES string of the molecule is Cc1c(CC=CC#N)cc2ccccc2c1C(=O)O. The third-order valence-electron chi connectivity index (χ3n) is 3.16. The van der Waals surface area contributed by atoms with Crippen LogP contribution in [-0.4, -0.2) is 11.1 Å². The van der Waals surface area contributed by atoms with Crippen molar-refractivity contribution >= 4 is 16.7 Å². The molecular formula is C16H13NO2. The van der Waals surface area contributed by atoms with Gasteiger partial charge in [0.25, 0.3) is 0 Å². The smallest absolute Gasteiger partial charge is 0.336 e. The molecule has 0 amide bonds. The van der Waals surface area contributed by atoms with Crippen molar-refractivity contribution in [3.63, 3.8) is 0 Å². The number of carboxylic acids is 1. The molecule has 1 N–H and O–H groups in total. The minimum Gasteiger partial charge on any atom is -0.478 e. The van der Waals surface area contributed by atoms with E-state index >= 15 is 0 Å². The summed E-state index contributed by atoms with van der Waals surface area (Å²) in [6, 6.07) is 11.4. The summed E-state index contributed by atoms with van der Waals surface area (Å²) in [5, 5.41) is 19.5. The Hall–Kier alpha value is -2.60. The molecule has 0 heterocycles. The van der Waals surface area contributed by atoms with Gasteiger partial charge in [-0.2, -0.15) is 5.26 Å². The number of rotatable bonds is 3. The van der Waals surface area contributed by atoms with E-state index in [1.165, 1.54) is 6.08 Å². The number of hydrogen-bond donors (Lipinski definition) is 1. The van der Waals surface area contributed by atoms with Crippen molar-refractivity contribution in [1.82, 2.24) is 0 Å². The van der Waals surface area contributed by atoms with Gasteiger partial charge in [-0.05, 0) is 35.2 Å². The predicted molar refractivity (Wildman–Crippen MR) is 74.1 cm³/mol. The summed E-state index contributed by atoms with van der Waals surface area (Å²) < 4.78 is 0. The monoisotopic (exact) mass is 251 g/mol. The van der Waals surface area contributed by atoms with Crippen molar-refractivity contribution < 1.29 is 9.90 Å². The van der Waals surface area contributed by atoms with Gasteiger partial charge >= 0.3 is 5.97 Å². The van der Waals surface area contributed by atoms with Crippen LogP contribution in [0.25, 0.3) is 10.8 Å². The molecule has 2 aromatic carbocycles. The molecule has 3 heteroatoms. The molecule has 0 saturated carbocycles. The Kier molecular flexibility index (Phi) is 3.63. The second kappa shape index (κ2) is 5.36. The molecule has 0 saturated heterocycles. The third kappa shape index (κ3) is 2.48. The quantitative estimate of drug-likeness (QED) is 0.849. The zero-order valence-electron chi connectivity index (χ0n) is 10.6. The highest BCUT2D eigenvalue weighted by Crippen LogP contribution is 2.26.